The molecule has 0 atom stereocenters. The predicted molar refractivity (Wildman–Crippen MR) is 147 cm³/mol. The zero-order valence-electron chi connectivity index (χ0n) is 20.4. The van der Waals surface area contributed by atoms with E-state index in [1.807, 2.05) is 12.1 Å². The highest BCUT2D eigenvalue weighted by atomic mass is 15.1. The maximum Gasteiger partial charge on any atom is 0.137 e. The summed E-state index contributed by atoms with van der Waals surface area (Å²) in [6, 6.07) is 12.5. The summed E-state index contributed by atoms with van der Waals surface area (Å²) in [7, 11) is 0. The van der Waals surface area contributed by atoms with Crippen LogP contribution in [0, 0.1) is 5.92 Å². The monoisotopic (exact) mass is 463 g/mol. The molecule has 3 N–H and O–H groups in total. The number of rotatable bonds is 8. The number of H-pyrrole nitrogens is 2. The highest BCUT2D eigenvalue weighted by Gasteiger charge is 2.15. The second-order valence-electron chi connectivity index (χ2n) is 9.44. The summed E-state index contributed by atoms with van der Waals surface area (Å²) in [6.07, 6.45) is 15.7. The van der Waals surface area contributed by atoms with E-state index in [0.717, 1.165) is 68.2 Å². The zero-order chi connectivity index (χ0) is 24.2. The number of nitrogens with one attached hydrogen (secondary N) is 3. The van der Waals surface area contributed by atoms with Crippen LogP contribution in [0.3, 0.4) is 0 Å². The first-order valence-corrected chi connectivity index (χ1v) is 12.5. The molecule has 5 rings (SSSR count). The Labute approximate surface area is 206 Å². The van der Waals surface area contributed by atoms with Crippen molar-refractivity contribution in [3.63, 3.8) is 0 Å². The third kappa shape index (κ3) is 4.99. The molecule has 0 amide bonds. The largest absolute Gasteiger partial charge is 0.359 e. The molecule has 5 heteroatoms. The fraction of sp³-hybridized carbons (Fsp3) is 0.267. The molecule has 1 aromatic carbocycles. The van der Waals surface area contributed by atoms with Crippen LogP contribution < -0.4 is 5.32 Å². The molecular formula is C30H33N5. The molecule has 35 heavy (non-hydrogen) atoms. The molecule has 1 saturated carbocycles. The highest BCUT2D eigenvalue weighted by molar-refractivity contribution is 5.97. The Balaban J connectivity index is 1.40. The standard InChI is InChI=1S/C30H33N5/c1-4-22(17-25(5-2)32-20(3)16-21-10-7-6-8-11-21)23-13-14-27-26(18-23)29(35-34-27)28-19-24-12-9-15-31-30(24)33-28/h4-5,9,12-15,17-19,21,32H,2-3,6-8,10-11,16H2,1H3,(H,31,33)(H,34,35)/b22-4+,25-17+. The van der Waals surface area contributed by atoms with Crippen LogP contribution in [0.4, 0.5) is 0 Å². The van der Waals surface area contributed by atoms with Crippen molar-refractivity contribution in [3.8, 4) is 11.4 Å². The van der Waals surface area contributed by atoms with Crippen molar-refractivity contribution in [2.75, 3.05) is 0 Å². The van der Waals surface area contributed by atoms with Crippen LogP contribution in [0.15, 0.2) is 85.4 Å². The molecule has 1 aliphatic carbocycles. The Morgan fingerprint density at radius 2 is 2.03 bits per heavy atom. The van der Waals surface area contributed by atoms with Gasteiger partial charge in [-0.25, -0.2) is 4.98 Å². The maximum atomic E-state index is 4.60. The molecule has 178 valence electrons. The van der Waals surface area contributed by atoms with Gasteiger partial charge in [-0.05, 0) is 72.9 Å². The van der Waals surface area contributed by atoms with Crippen molar-refractivity contribution >= 4 is 27.5 Å². The average Bonchev–Trinajstić information content (AvgIpc) is 3.50. The molecule has 0 bridgehead atoms. The number of hydrogen-bond donors (Lipinski definition) is 3. The second-order valence-corrected chi connectivity index (χ2v) is 9.44. The Kier molecular flexibility index (Phi) is 6.66. The highest BCUT2D eigenvalue weighted by Crippen LogP contribution is 2.31. The minimum Gasteiger partial charge on any atom is -0.359 e. The van der Waals surface area contributed by atoms with Crippen molar-refractivity contribution in [2.24, 2.45) is 5.92 Å². The van der Waals surface area contributed by atoms with E-state index in [2.05, 4.69) is 88.0 Å². The van der Waals surface area contributed by atoms with Crippen molar-refractivity contribution in [3.05, 3.63) is 90.9 Å². The lowest BCUT2D eigenvalue weighted by molar-refractivity contribution is 0.353. The van der Waals surface area contributed by atoms with E-state index in [1.165, 1.54) is 32.1 Å². The van der Waals surface area contributed by atoms with Gasteiger partial charge in [0.05, 0.1) is 11.2 Å². The molecule has 0 aliphatic heterocycles. The molecule has 1 fully saturated rings. The van der Waals surface area contributed by atoms with Gasteiger partial charge in [0.15, 0.2) is 0 Å². The smallest absolute Gasteiger partial charge is 0.137 e. The third-order valence-electron chi connectivity index (χ3n) is 6.97. The first-order chi connectivity index (χ1) is 17.1. The number of allylic oxidation sites excluding steroid dienone is 5. The number of benzene rings is 1. The summed E-state index contributed by atoms with van der Waals surface area (Å²) < 4.78 is 0. The first kappa shape index (κ1) is 22.9. The van der Waals surface area contributed by atoms with Crippen molar-refractivity contribution in [1.82, 2.24) is 25.5 Å². The lowest BCUT2D eigenvalue weighted by atomic mass is 9.86. The van der Waals surface area contributed by atoms with Gasteiger partial charge in [-0.3, -0.25) is 5.10 Å². The summed E-state index contributed by atoms with van der Waals surface area (Å²) in [4.78, 5) is 7.82. The van der Waals surface area contributed by atoms with E-state index in [1.54, 1.807) is 6.20 Å². The molecule has 0 unspecified atom stereocenters. The van der Waals surface area contributed by atoms with Crippen LogP contribution >= 0.6 is 0 Å². The molecular weight excluding hydrogens is 430 g/mol. The van der Waals surface area contributed by atoms with E-state index >= 15 is 0 Å². The SMILES string of the molecule is C=C/C(=C\C(=C/C)c1ccc2[nH]nc(-c3cc4cccnc4[nH]3)c2c1)NC(=C)CC1CCCCC1. The van der Waals surface area contributed by atoms with Gasteiger partial charge in [0, 0.05) is 28.4 Å². The van der Waals surface area contributed by atoms with Gasteiger partial charge in [0.25, 0.3) is 0 Å². The normalized spacial score (nSPS) is 15.6. The van der Waals surface area contributed by atoms with Crippen LogP contribution in [-0.4, -0.2) is 20.2 Å². The van der Waals surface area contributed by atoms with Crippen molar-refractivity contribution < 1.29 is 0 Å². The van der Waals surface area contributed by atoms with E-state index in [4.69, 9.17) is 0 Å². The topological polar surface area (TPSA) is 69.4 Å². The molecule has 1 aliphatic rings. The molecule has 3 heterocycles. The summed E-state index contributed by atoms with van der Waals surface area (Å²) >= 11 is 0. The molecule has 3 aromatic heterocycles. The summed E-state index contributed by atoms with van der Waals surface area (Å²) in [6.45, 7) is 10.4. The first-order valence-electron chi connectivity index (χ1n) is 12.5. The number of nitrogens with zero attached hydrogens (tertiary/aromatic N) is 2. The molecule has 0 saturated heterocycles. The molecule has 4 aromatic rings. The lowest BCUT2D eigenvalue weighted by Gasteiger charge is -2.23. The fourth-order valence-corrected chi connectivity index (χ4v) is 5.13. The van der Waals surface area contributed by atoms with E-state index in [0.29, 0.717) is 0 Å². The summed E-state index contributed by atoms with van der Waals surface area (Å²) in [5.41, 5.74) is 7.97. The van der Waals surface area contributed by atoms with Gasteiger partial charge >= 0.3 is 0 Å². The average molecular weight is 464 g/mol. The quantitative estimate of drug-likeness (QED) is 0.235. The van der Waals surface area contributed by atoms with Crippen molar-refractivity contribution in [2.45, 2.75) is 45.4 Å². The summed E-state index contributed by atoms with van der Waals surface area (Å²) in [5, 5.41) is 13.4. The van der Waals surface area contributed by atoms with Crippen LogP contribution in [0.2, 0.25) is 0 Å². The zero-order valence-corrected chi connectivity index (χ0v) is 20.4. The van der Waals surface area contributed by atoms with Gasteiger partial charge < -0.3 is 10.3 Å². The maximum absolute atomic E-state index is 4.60. The van der Waals surface area contributed by atoms with Crippen LogP contribution in [0.25, 0.3) is 38.9 Å². The van der Waals surface area contributed by atoms with Gasteiger partial charge in [0.2, 0.25) is 0 Å². The van der Waals surface area contributed by atoms with Crippen LogP contribution in [0.1, 0.15) is 51.0 Å². The van der Waals surface area contributed by atoms with Gasteiger partial charge in [-0.2, -0.15) is 5.10 Å². The van der Waals surface area contributed by atoms with Gasteiger partial charge in [0.1, 0.15) is 11.3 Å². The fourth-order valence-electron chi connectivity index (χ4n) is 5.13. The Morgan fingerprint density at radius 1 is 1.17 bits per heavy atom. The molecule has 0 radical (unpaired) electrons. The van der Waals surface area contributed by atoms with Crippen LogP contribution in [-0.2, 0) is 0 Å². The molecule has 0 spiro atoms. The Bertz CT molecular complexity index is 1390. The van der Waals surface area contributed by atoms with E-state index in [9.17, 15) is 0 Å². The van der Waals surface area contributed by atoms with Gasteiger partial charge in [-0.1, -0.05) is 57.4 Å². The Morgan fingerprint density at radius 3 is 2.80 bits per heavy atom. The predicted octanol–water partition coefficient (Wildman–Crippen LogP) is 7.65. The number of aromatic amines is 2. The number of aromatic nitrogens is 4. The lowest BCUT2D eigenvalue weighted by Crippen LogP contribution is -2.15. The number of hydrogen-bond acceptors (Lipinski definition) is 3. The van der Waals surface area contributed by atoms with E-state index < -0.39 is 0 Å². The number of fused-ring (bicyclic) bond motifs is 2. The molecule has 5 nitrogen and oxygen atoms in total. The van der Waals surface area contributed by atoms with Gasteiger partial charge in [-0.15, -0.1) is 0 Å². The second kappa shape index (κ2) is 10.2. The van der Waals surface area contributed by atoms with E-state index in [-0.39, 0.29) is 0 Å². The minimum atomic E-state index is 0.748. The minimum absolute atomic E-state index is 0.748. The number of pyridine rings is 1. The van der Waals surface area contributed by atoms with Crippen LogP contribution in [0.5, 0.6) is 0 Å². The van der Waals surface area contributed by atoms with Crippen molar-refractivity contribution in [1.29, 1.82) is 0 Å². The Hall–Kier alpha value is -3.86. The summed E-state index contributed by atoms with van der Waals surface area (Å²) in [5.74, 6) is 0.748. The third-order valence-corrected chi connectivity index (χ3v) is 6.97.